The Morgan fingerprint density at radius 1 is 1.26 bits per heavy atom. The molecule has 1 amide bonds. The summed E-state index contributed by atoms with van der Waals surface area (Å²) in [6, 6.07) is 11.8. The van der Waals surface area contributed by atoms with Crippen LogP contribution < -0.4 is 16.2 Å². The second-order valence-electron chi connectivity index (χ2n) is 8.71. The highest BCUT2D eigenvalue weighted by Gasteiger charge is 2.41. The maximum absolute atomic E-state index is 14.8. The molecule has 1 saturated heterocycles. The monoisotopic (exact) mass is 423 g/mol. The fourth-order valence-electron chi connectivity index (χ4n) is 4.35. The van der Waals surface area contributed by atoms with E-state index in [4.69, 9.17) is 5.73 Å². The molecule has 0 bridgehead atoms. The molecule has 2 aromatic carbocycles. The number of aromatic amines is 1. The number of anilines is 1. The Kier molecular flexibility index (Phi) is 5.26. The lowest BCUT2D eigenvalue weighted by atomic mass is 10.0. The summed E-state index contributed by atoms with van der Waals surface area (Å²) in [4.78, 5) is 27.7. The summed E-state index contributed by atoms with van der Waals surface area (Å²) >= 11 is 0. The molecule has 1 aliphatic heterocycles. The van der Waals surface area contributed by atoms with E-state index in [1.807, 2.05) is 47.9 Å². The number of hydrogen-bond acceptors (Lipinski definition) is 5. The first-order chi connectivity index (χ1) is 14.7. The molecular weight excluding hydrogens is 397 g/mol. The van der Waals surface area contributed by atoms with E-state index in [2.05, 4.69) is 10.2 Å². The van der Waals surface area contributed by atoms with Gasteiger partial charge in [0.15, 0.2) is 0 Å². The third-order valence-corrected chi connectivity index (χ3v) is 6.06. The van der Waals surface area contributed by atoms with Gasteiger partial charge in [0.1, 0.15) is 5.82 Å². The topological polar surface area (TPSA) is 95.3 Å². The molecule has 4 rings (SSSR count). The van der Waals surface area contributed by atoms with Gasteiger partial charge in [0.25, 0.3) is 5.56 Å². The van der Waals surface area contributed by atoms with Gasteiger partial charge in [0, 0.05) is 23.9 Å². The number of rotatable bonds is 5. The number of nitrogens with zero attached hydrogens (tertiary/aromatic N) is 3. The minimum absolute atomic E-state index is 0.234. The number of aromatic nitrogens is 2. The van der Waals surface area contributed by atoms with E-state index < -0.39 is 11.9 Å². The number of halogens is 1. The highest BCUT2D eigenvalue weighted by Crippen LogP contribution is 2.33. The number of fused-ring (bicyclic) bond motifs is 1. The second kappa shape index (κ2) is 7.77. The quantitative estimate of drug-likeness (QED) is 0.657. The van der Waals surface area contributed by atoms with Gasteiger partial charge in [-0.2, -0.15) is 5.10 Å². The summed E-state index contributed by atoms with van der Waals surface area (Å²) in [5.41, 5.74) is 7.00. The van der Waals surface area contributed by atoms with Gasteiger partial charge in [0.05, 0.1) is 29.5 Å². The molecule has 31 heavy (non-hydrogen) atoms. The van der Waals surface area contributed by atoms with E-state index in [-0.39, 0.29) is 16.9 Å². The lowest BCUT2D eigenvalue weighted by molar-refractivity contribution is -0.123. The van der Waals surface area contributed by atoms with Crippen LogP contribution in [0.15, 0.2) is 47.3 Å². The lowest BCUT2D eigenvalue weighted by Gasteiger charge is -2.33. The predicted octanol–water partition coefficient (Wildman–Crippen LogP) is 2.38. The van der Waals surface area contributed by atoms with Crippen molar-refractivity contribution in [2.24, 2.45) is 5.73 Å². The van der Waals surface area contributed by atoms with Gasteiger partial charge in [-0.15, -0.1) is 0 Å². The first-order valence-electron chi connectivity index (χ1n) is 10.2. The molecule has 1 unspecified atom stereocenters. The molecule has 3 N–H and O–H groups in total. The van der Waals surface area contributed by atoms with Crippen LogP contribution in [-0.2, 0) is 11.2 Å². The Bertz CT molecular complexity index is 1210. The van der Waals surface area contributed by atoms with Gasteiger partial charge in [0.2, 0.25) is 5.91 Å². The van der Waals surface area contributed by atoms with Crippen LogP contribution in [0, 0.1) is 5.82 Å². The van der Waals surface area contributed by atoms with Gasteiger partial charge in [-0.3, -0.25) is 14.5 Å². The van der Waals surface area contributed by atoms with E-state index in [0.717, 1.165) is 16.6 Å². The molecule has 0 saturated carbocycles. The van der Waals surface area contributed by atoms with Crippen LogP contribution in [0.25, 0.3) is 10.8 Å². The van der Waals surface area contributed by atoms with Gasteiger partial charge < -0.3 is 10.6 Å². The molecular formula is C23H26FN5O2. The standard InChI is InChI=1S/C23H26FN5O2/c1-14(21(25)30)29-13-28(12-23(29,2)3)20-11-15(8-9-18(20)24)10-19-16-6-4-5-7-17(16)22(31)27-26-19/h4-9,11,14H,10,12-13H2,1-3H3,(H2,25,30)(H,27,31). The van der Waals surface area contributed by atoms with E-state index >= 15 is 0 Å². The van der Waals surface area contributed by atoms with E-state index in [1.54, 1.807) is 19.1 Å². The predicted molar refractivity (Wildman–Crippen MR) is 118 cm³/mol. The fraction of sp³-hybridized carbons (Fsp3) is 0.348. The van der Waals surface area contributed by atoms with Crippen LogP contribution in [0.5, 0.6) is 0 Å². The summed E-state index contributed by atoms with van der Waals surface area (Å²) < 4.78 is 14.8. The van der Waals surface area contributed by atoms with Crippen LogP contribution in [-0.4, -0.2) is 45.8 Å². The van der Waals surface area contributed by atoms with Gasteiger partial charge in [-0.25, -0.2) is 9.49 Å². The molecule has 1 atom stereocenters. The molecule has 0 spiro atoms. The lowest BCUT2D eigenvalue weighted by Crippen LogP contribution is -2.50. The average Bonchev–Trinajstić information content (AvgIpc) is 3.05. The van der Waals surface area contributed by atoms with E-state index in [1.165, 1.54) is 6.07 Å². The fourth-order valence-corrected chi connectivity index (χ4v) is 4.35. The van der Waals surface area contributed by atoms with Crippen molar-refractivity contribution in [3.63, 3.8) is 0 Å². The first kappa shape index (κ1) is 21.0. The normalized spacial score (nSPS) is 17.2. The molecule has 1 fully saturated rings. The third-order valence-electron chi connectivity index (χ3n) is 6.06. The zero-order valence-electron chi connectivity index (χ0n) is 17.9. The summed E-state index contributed by atoms with van der Waals surface area (Å²) in [7, 11) is 0. The molecule has 7 nitrogen and oxygen atoms in total. The van der Waals surface area contributed by atoms with Crippen molar-refractivity contribution in [3.8, 4) is 0 Å². The minimum Gasteiger partial charge on any atom is -0.368 e. The number of nitrogens with two attached hydrogens (primary N) is 1. The van der Waals surface area contributed by atoms with Crippen molar-refractivity contribution in [2.45, 2.75) is 38.8 Å². The highest BCUT2D eigenvalue weighted by molar-refractivity contribution is 5.83. The van der Waals surface area contributed by atoms with Crippen molar-refractivity contribution in [1.29, 1.82) is 0 Å². The van der Waals surface area contributed by atoms with Crippen LogP contribution >= 0.6 is 0 Å². The molecule has 3 aromatic rings. The van der Waals surface area contributed by atoms with Crippen LogP contribution in [0.2, 0.25) is 0 Å². The summed E-state index contributed by atoms with van der Waals surface area (Å²) in [6.45, 7) is 6.77. The number of primary amides is 1. The highest BCUT2D eigenvalue weighted by atomic mass is 19.1. The Morgan fingerprint density at radius 3 is 2.68 bits per heavy atom. The van der Waals surface area contributed by atoms with Gasteiger partial charge in [-0.05, 0) is 44.5 Å². The molecule has 0 radical (unpaired) electrons. The minimum atomic E-state index is -0.456. The Hall–Kier alpha value is -3.26. The van der Waals surface area contributed by atoms with E-state index in [0.29, 0.717) is 30.7 Å². The molecule has 2 heterocycles. The Balaban J connectivity index is 1.66. The van der Waals surface area contributed by atoms with Crippen LogP contribution in [0.1, 0.15) is 32.0 Å². The number of H-pyrrole nitrogens is 1. The van der Waals surface area contributed by atoms with Crippen molar-refractivity contribution in [2.75, 3.05) is 18.1 Å². The largest absolute Gasteiger partial charge is 0.368 e. The number of carbonyl (C=O) groups excluding carboxylic acids is 1. The van der Waals surface area contributed by atoms with Gasteiger partial charge >= 0.3 is 0 Å². The molecule has 162 valence electrons. The number of hydrogen-bond donors (Lipinski definition) is 2. The number of carbonyl (C=O) groups is 1. The maximum Gasteiger partial charge on any atom is 0.272 e. The maximum atomic E-state index is 14.8. The first-order valence-corrected chi connectivity index (χ1v) is 10.2. The number of benzene rings is 2. The van der Waals surface area contributed by atoms with Crippen molar-refractivity contribution < 1.29 is 9.18 Å². The SMILES string of the molecule is CC(C(N)=O)N1CN(c2cc(Cc3n[nH]c(=O)c4ccccc34)ccc2F)CC1(C)C. The Morgan fingerprint density at radius 2 is 1.97 bits per heavy atom. The molecule has 8 heteroatoms. The van der Waals surface area contributed by atoms with Crippen molar-refractivity contribution in [3.05, 3.63) is 69.9 Å². The Labute approximate surface area is 179 Å². The molecule has 1 aromatic heterocycles. The van der Waals surface area contributed by atoms with Crippen molar-refractivity contribution >= 4 is 22.4 Å². The van der Waals surface area contributed by atoms with Gasteiger partial charge in [-0.1, -0.05) is 24.3 Å². The van der Waals surface area contributed by atoms with Crippen LogP contribution in [0.4, 0.5) is 10.1 Å². The second-order valence-corrected chi connectivity index (χ2v) is 8.71. The zero-order chi connectivity index (χ0) is 22.3. The van der Waals surface area contributed by atoms with E-state index in [9.17, 15) is 14.0 Å². The van der Waals surface area contributed by atoms with Crippen molar-refractivity contribution in [1.82, 2.24) is 15.1 Å². The number of nitrogens with one attached hydrogen (secondary N) is 1. The summed E-state index contributed by atoms with van der Waals surface area (Å²) in [5, 5.41) is 8.12. The summed E-state index contributed by atoms with van der Waals surface area (Å²) in [6.07, 6.45) is 0.448. The third kappa shape index (κ3) is 3.90. The smallest absolute Gasteiger partial charge is 0.272 e. The zero-order valence-corrected chi connectivity index (χ0v) is 17.9. The molecule has 0 aliphatic carbocycles. The number of amides is 1. The summed E-state index contributed by atoms with van der Waals surface area (Å²) in [5.74, 6) is -0.729. The average molecular weight is 423 g/mol. The molecule has 1 aliphatic rings. The van der Waals surface area contributed by atoms with Crippen LogP contribution in [0.3, 0.4) is 0 Å².